The Balaban J connectivity index is 2.14. The van der Waals surface area contributed by atoms with Crippen LogP contribution >= 0.6 is 11.6 Å². The normalized spacial score (nSPS) is 20.0. The molecule has 1 unspecified atom stereocenters. The summed E-state index contributed by atoms with van der Waals surface area (Å²) in [5, 5.41) is 12.1. The second-order valence-corrected chi connectivity index (χ2v) is 7.08. The van der Waals surface area contributed by atoms with E-state index in [0.29, 0.717) is 17.5 Å². The maximum Gasteiger partial charge on any atom is 0.404 e. The van der Waals surface area contributed by atoms with Gasteiger partial charge in [0.25, 0.3) is 0 Å². The second kappa shape index (κ2) is 6.16. The van der Waals surface area contributed by atoms with E-state index in [1.807, 2.05) is 20.8 Å². The van der Waals surface area contributed by atoms with Gasteiger partial charge in [0.1, 0.15) is 11.0 Å². The van der Waals surface area contributed by atoms with Crippen molar-refractivity contribution in [1.29, 1.82) is 0 Å². The Morgan fingerprint density at radius 2 is 2.23 bits per heavy atom. The molecule has 2 heterocycles. The van der Waals surface area contributed by atoms with Crippen molar-refractivity contribution in [1.82, 2.24) is 15.3 Å². The van der Waals surface area contributed by atoms with E-state index in [9.17, 15) is 4.79 Å². The molecule has 122 valence electrons. The molecule has 1 saturated heterocycles. The molecule has 2 rings (SSSR count). The van der Waals surface area contributed by atoms with Gasteiger partial charge in [0, 0.05) is 25.2 Å². The molecule has 0 bridgehead atoms. The fourth-order valence-corrected chi connectivity index (χ4v) is 3.21. The van der Waals surface area contributed by atoms with E-state index in [2.05, 4.69) is 20.2 Å². The Kier molecular flexibility index (Phi) is 4.65. The molecule has 0 saturated carbocycles. The van der Waals surface area contributed by atoms with Crippen molar-refractivity contribution in [2.24, 2.45) is 11.3 Å². The largest absolute Gasteiger partial charge is 0.465 e. The molecule has 0 aromatic carbocycles. The average Bonchev–Trinajstić information content (AvgIpc) is 2.82. The number of nitrogens with two attached hydrogens (primary N) is 1. The standard InChI is InChI=1S/C14H22ClN5O2/c1-14(2,3)11(19-13(21)22)8-4-5-20(7-8)10-6-9(15)17-12(16)18-10/h6,8,11,19H,4-5,7H2,1-3H3,(H,21,22)(H2,16,17,18)/t8-,11?/m1/s1. The number of nitrogens with one attached hydrogen (secondary N) is 1. The van der Waals surface area contributed by atoms with E-state index in [-0.39, 0.29) is 23.3 Å². The highest BCUT2D eigenvalue weighted by molar-refractivity contribution is 6.29. The SMILES string of the molecule is CC(C)(C)C(NC(=O)O)[C@@H]1CCN(c2cc(Cl)nc(N)n2)C1. The van der Waals surface area contributed by atoms with Gasteiger partial charge in [0.2, 0.25) is 5.95 Å². The zero-order valence-corrected chi connectivity index (χ0v) is 13.8. The van der Waals surface area contributed by atoms with Crippen molar-refractivity contribution in [2.45, 2.75) is 33.2 Å². The van der Waals surface area contributed by atoms with Crippen LogP contribution < -0.4 is 16.0 Å². The Morgan fingerprint density at radius 1 is 1.55 bits per heavy atom. The fraction of sp³-hybridized carbons (Fsp3) is 0.643. The summed E-state index contributed by atoms with van der Waals surface area (Å²) in [5.41, 5.74) is 5.47. The predicted molar refractivity (Wildman–Crippen MR) is 86.2 cm³/mol. The summed E-state index contributed by atoms with van der Waals surface area (Å²) in [4.78, 5) is 21.2. The molecule has 1 aliphatic rings. The van der Waals surface area contributed by atoms with Gasteiger partial charge in [-0.25, -0.2) is 9.78 Å². The molecule has 0 spiro atoms. The Hall–Kier alpha value is -1.76. The molecule has 1 aromatic heterocycles. The molecular weight excluding hydrogens is 306 g/mol. The Bertz CT molecular complexity index is 540. The first-order valence-corrected chi connectivity index (χ1v) is 7.59. The molecular formula is C14H22ClN5O2. The van der Waals surface area contributed by atoms with Crippen LogP contribution in [-0.2, 0) is 0 Å². The highest BCUT2D eigenvalue weighted by Gasteiger charge is 2.38. The van der Waals surface area contributed by atoms with E-state index >= 15 is 0 Å². The van der Waals surface area contributed by atoms with Crippen LogP contribution in [0.3, 0.4) is 0 Å². The second-order valence-electron chi connectivity index (χ2n) is 6.70. The van der Waals surface area contributed by atoms with Crippen molar-refractivity contribution in [2.75, 3.05) is 23.7 Å². The van der Waals surface area contributed by atoms with Gasteiger partial charge in [-0.3, -0.25) is 0 Å². The molecule has 1 aliphatic heterocycles. The molecule has 1 fully saturated rings. The third-order valence-electron chi connectivity index (χ3n) is 3.93. The lowest BCUT2D eigenvalue weighted by Gasteiger charge is -2.35. The zero-order valence-electron chi connectivity index (χ0n) is 13.0. The maximum absolute atomic E-state index is 11.1. The monoisotopic (exact) mass is 327 g/mol. The third kappa shape index (κ3) is 3.91. The minimum atomic E-state index is -0.993. The van der Waals surface area contributed by atoms with E-state index in [4.69, 9.17) is 22.4 Å². The summed E-state index contributed by atoms with van der Waals surface area (Å²) in [6.45, 7) is 7.60. The summed E-state index contributed by atoms with van der Waals surface area (Å²) < 4.78 is 0. The van der Waals surface area contributed by atoms with Crippen LogP contribution in [0.5, 0.6) is 0 Å². The molecule has 0 aliphatic carbocycles. The van der Waals surface area contributed by atoms with Crippen LogP contribution in [0.4, 0.5) is 16.6 Å². The van der Waals surface area contributed by atoms with Crippen LogP contribution in [0.15, 0.2) is 6.07 Å². The van der Waals surface area contributed by atoms with Gasteiger partial charge in [-0.15, -0.1) is 0 Å². The first-order chi connectivity index (χ1) is 10.2. The number of aromatic nitrogens is 2. The van der Waals surface area contributed by atoms with Crippen LogP contribution in [0.25, 0.3) is 0 Å². The molecule has 0 radical (unpaired) electrons. The lowest BCUT2D eigenvalue weighted by Crippen LogP contribution is -2.49. The van der Waals surface area contributed by atoms with Gasteiger partial charge < -0.3 is 21.1 Å². The minimum absolute atomic E-state index is 0.135. The summed E-state index contributed by atoms with van der Waals surface area (Å²) in [7, 11) is 0. The van der Waals surface area contributed by atoms with Crippen molar-refractivity contribution in [3.8, 4) is 0 Å². The Labute approximate surface area is 134 Å². The van der Waals surface area contributed by atoms with Crippen LogP contribution in [0.1, 0.15) is 27.2 Å². The number of rotatable bonds is 3. The number of hydrogen-bond acceptors (Lipinski definition) is 5. The number of nitrogen functional groups attached to an aromatic ring is 1. The molecule has 4 N–H and O–H groups in total. The quantitative estimate of drug-likeness (QED) is 0.735. The highest BCUT2D eigenvalue weighted by atomic mass is 35.5. The maximum atomic E-state index is 11.1. The summed E-state index contributed by atoms with van der Waals surface area (Å²) in [6.07, 6.45) is -0.114. The molecule has 8 heteroatoms. The number of nitrogens with zero attached hydrogens (tertiary/aromatic N) is 3. The number of carbonyl (C=O) groups is 1. The van der Waals surface area contributed by atoms with E-state index in [0.717, 1.165) is 13.0 Å². The number of halogens is 1. The molecule has 22 heavy (non-hydrogen) atoms. The van der Waals surface area contributed by atoms with Crippen molar-refractivity contribution >= 4 is 29.5 Å². The van der Waals surface area contributed by atoms with Gasteiger partial charge >= 0.3 is 6.09 Å². The van der Waals surface area contributed by atoms with Crippen molar-refractivity contribution in [3.63, 3.8) is 0 Å². The zero-order chi connectivity index (χ0) is 16.5. The predicted octanol–water partition coefficient (Wildman–Crippen LogP) is 2.22. The lowest BCUT2D eigenvalue weighted by molar-refractivity contribution is 0.157. The summed E-state index contributed by atoms with van der Waals surface area (Å²) >= 11 is 5.92. The molecule has 2 atom stereocenters. The number of hydrogen-bond donors (Lipinski definition) is 3. The summed E-state index contributed by atoms with van der Waals surface area (Å²) in [5.74, 6) is 1.02. The fourth-order valence-electron chi connectivity index (χ4n) is 3.03. The van der Waals surface area contributed by atoms with Crippen molar-refractivity contribution in [3.05, 3.63) is 11.2 Å². The molecule has 7 nitrogen and oxygen atoms in total. The van der Waals surface area contributed by atoms with Crippen LogP contribution in [0.2, 0.25) is 5.15 Å². The average molecular weight is 328 g/mol. The van der Waals surface area contributed by atoms with Gasteiger partial charge in [-0.1, -0.05) is 32.4 Å². The topological polar surface area (TPSA) is 104 Å². The number of amides is 1. The van der Waals surface area contributed by atoms with E-state index in [1.165, 1.54) is 0 Å². The van der Waals surface area contributed by atoms with Crippen LogP contribution in [0, 0.1) is 11.3 Å². The van der Waals surface area contributed by atoms with Gasteiger partial charge in [-0.2, -0.15) is 4.98 Å². The lowest BCUT2D eigenvalue weighted by atomic mass is 9.78. The number of carboxylic acid groups (broad SMARTS) is 1. The first-order valence-electron chi connectivity index (χ1n) is 7.21. The van der Waals surface area contributed by atoms with E-state index < -0.39 is 6.09 Å². The van der Waals surface area contributed by atoms with Gasteiger partial charge in [0.15, 0.2) is 0 Å². The Morgan fingerprint density at radius 3 is 2.77 bits per heavy atom. The minimum Gasteiger partial charge on any atom is -0.465 e. The van der Waals surface area contributed by atoms with Crippen molar-refractivity contribution < 1.29 is 9.90 Å². The third-order valence-corrected chi connectivity index (χ3v) is 4.12. The van der Waals surface area contributed by atoms with Gasteiger partial charge in [-0.05, 0) is 17.8 Å². The first kappa shape index (κ1) is 16.6. The molecule has 1 amide bonds. The summed E-state index contributed by atoms with van der Waals surface area (Å²) in [6, 6.07) is 1.54. The number of anilines is 2. The van der Waals surface area contributed by atoms with Gasteiger partial charge in [0.05, 0.1) is 0 Å². The van der Waals surface area contributed by atoms with E-state index in [1.54, 1.807) is 6.07 Å². The molecule has 1 aromatic rings. The van der Waals surface area contributed by atoms with Crippen LogP contribution in [-0.4, -0.2) is 40.3 Å². The smallest absolute Gasteiger partial charge is 0.404 e. The highest BCUT2D eigenvalue weighted by Crippen LogP contribution is 2.33.